The number of furan rings is 1. The van der Waals surface area contributed by atoms with Crippen LogP contribution in [0.15, 0.2) is 40.8 Å². The Labute approximate surface area is 135 Å². The molecule has 3 atom stereocenters. The highest BCUT2D eigenvalue weighted by Crippen LogP contribution is 2.31. The van der Waals surface area contributed by atoms with Gasteiger partial charge in [0.2, 0.25) is 0 Å². The fraction of sp³-hybridized carbons (Fsp3) is 0.389. The number of nitrogens with one attached hydrogen (secondary N) is 2. The lowest BCUT2D eigenvalue weighted by molar-refractivity contribution is 0.0903. The van der Waals surface area contributed by atoms with Crippen molar-refractivity contribution in [1.29, 1.82) is 0 Å². The Kier molecular flexibility index (Phi) is 3.58. The molecule has 1 amide bonds. The SMILES string of the molecule is COc1ccccc1-c1ccc(C(=O)N[C@@H]2C[C@H]3CC[C@@H]2N3)o1. The number of fused-ring (bicyclic) bond motifs is 2. The van der Waals surface area contributed by atoms with Crippen LogP contribution < -0.4 is 15.4 Å². The number of ether oxygens (including phenoxy) is 1. The number of carbonyl (C=O) groups excluding carboxylic acids is 1. The van der Waals surface area contributed by atoms with Gasteiger partial charge in [-0.1, -0.05) is 12.1 Å². The first-order valence-corrected chi connectivity index (χ1v) is 8.05. The van der Waals surface area contributed by atoms with Crippen LogP contribution in [-0.4, -0.2) is 31.1 Å². The van der Waals surface area contributed by atoms with Gasteiger partial charge in [-0.05, 0) is 43.5 Å². The minimum absolute atomic E-state index is 0.148. The Morgan fingerprint density at radius 2 is 2.13 bits per heavy atom. The molecule has 2 bridgehead atoms. The smallest absolute Gasteiger partial charge is 0.287 e. The van der Waals surface area contributed by atoms with Gasteiger partial charge in [0.25, 0.3) is 5.91 Å². The zero-order valence-electron chi connectivity index (χ0n) is 13.0. The highest BCUT2D eigenvalue weighted by molar-refractivity contribution is 5.92. The van der Waals surface area contributed by atoms with Gasteiger partial charge in [0, 0.05) is 18.1 Å². The van der Waals surface area contributed by atoms with Crippen LogP contribution in [0.2, 0.25) is 0 Å². The zero-order valence-corrected chi connectivity index (χ0v) is 13.0. The van der Waals surface area contributed by atoms with Gasteiger partial charge in [0.05, 0.1) is 12.7 Å². The number of para-hydroxylation sites is 1. The molecule has 2 aromatic rings. The normalized spacial score (nSPS) is 25.5. The molecule has 2 saturated heterocycles. The number of hydrogen-bond donors (Lipinski definition) is 2. The third-order valence-electron chi connectivity index (χ3n) is 4.82. The summed E-state index contributed by atoms with van der Waals surface area (Å²) >= 11 is 0. The van der Waals surface area contributed by atoms with Crippen molar-refractivity contribution in [3.05, 3.63) is 42.2 Å². The Morgan fingerprint density at radius 1 is 1.26 bits per heavy atom. The Morgan fingerprint density at radius 3 is 2.87 bits per heavy atom. The first-order valence-electron chi connectivity index (χ1n) is 8.05. The molecule has 3 heterocycles. The maximum absolute atomic E-state index is 12.4. The van der Waals surface area contributed by atoms with E-state index in [1.165, 1.54) is 6.42 Å². The largest absolute Gasteiger partial charge is 0.496 e. The van der Waals surface area contributed by atoms with E-state index in [1.807, 2.05) is 30.3 Å². The van der Waals surface area contributed by atoms with Crippen LogP contribution in [0, 0.1) is 0 Å². The van der Waals surface area contributed by atoms with Gasteiger partial charge in [0.1, 0.15) is 11.5 Å². The fourth-order valence-electron chi connectivity index (χ4n) is 3.68. The highest BCUT2D eigenvalue weighted by atomic mass is 16.5. The minimum Gasteiger partial charge on any atom is -0.496 e. The summed E-state index contributed by atoms with van der Waals surface area (Å²) < 4.78 is 11.1. The number of hydrogen-bond acceptors (Lipinski definition) is 4. The number of benzene rings is 1. The molecule has 2 N–H and O–H groups in total. The molecule has 23 heavy (non-hydrogen) atoms. The van der Waals surface area contributed by atoms with Gasteiger partial charge < -0.3 is 19.8 Å². The fourth-order valence-corrected chi connectivity index (χ4v) is 3.68. The van der Waals surface area contributed by atoms with E-state index >= 15 is 0 Å². The molecule has 5 heteroatoms. The van der Waals surface area contributed by atoms with Crippen molar-refractivity contribution in [2.24, 2.45) is 0 Å². The molecular formula is C18H20N2O3. The Bertz CT molecular complexity index is 725. The van der Waals surface area contributed by atoms with E-state index in [2.05, 4.69) is 10.6 Å². The van der Waals surface area contributed by atoms with Crippen molar-refractivity contribution in [2.45, 2.75) is 37.4 Å². The third-order valence-corrected chi connectivity index (χ3v) is 4.82. The molecule has 0 unspecified atom stereocenters. The standard InChI is InChI=1S/C18H20N2O3/c1-22-15-5-3-2-4-12(15)16-8-9-17(23-16)18(21)20-14-10-11-6-7-13(14)19-11/h2-5,8-9,11,13-14,19H,6-7,10H2,1H3,(H,20,21)/t11-,13+,14-/m1/s1. The molecule has 0 spiro atoms. The van der Waals surface area contributed by atoms with Crippen LogP contribution in [0.5, 0.6) is 5.75 Å². The summed E-state index contributed by atoms with van der Waals surface area (Å²) in [6, 6.07) is 12.3. The summed E-state index contributed by atoms with van der Waals surface area (Å²) in [5.74, 6) is 1.56. The Hall–Kier alpha value is -2.27. The lowest BCUT2D eigenvalue weighted by Crippen LogP contribution is -2.42. The molecule has 1 aromatic carbocycles. The average molecular weight is 312 g/mol. The van der Waals surface area contributed by atoms with Crippen LogP contribution in [0.1, 0.15) is 29.8 Å². The van der Waals surface area contributed by atoms with Crippen LogP contribution in [0.4, 0.5) is 0 Å². The minimum atomic E-state index is -0.148. The van der Waals surface area contributed by atoms with Crippen molar-refractivity contribution < 1.29 is 13.9 Å². The topological polar surface area (TPSA) is 63.5 Å². The maximum atomic E-state index is 12.4. The van der Waals surface area contributed by atoms with Crippen LogP contribution >= 0.6 is 0 Å². The van der Waals surface area contributed by atoms with Gasteiger partial charge >= 0.3 is 0 Å². The molecule has 0 radical (unpaired) electrons. The summed E-state index contributed by atoms with van der Waals surface area (Å²) in [5, 5.41) is 6.61. The number of carbonyl (C=O) groups is 1. The summed E-state index contributed by atoms with van der Waals surface area (Å²) in [6.07, 6.45) is 3.37. The molecule has 2 fully saturated rings. The summed E-state index contributed by atoms with van der Waals surface area (Å²) in [6.45, 7) is 0. The van der Waals surface area contributed by atoms with E-state index in [1.54, 1.807) is 13.2 Å². The van der Waals surface area contributed by atoms with Crippen molar-refractivity contribution in [3.8, 4) is 17.1 Å². The second-order valence-electron chi connectivity index (χ2n) is 6.23. The van der Waals surface area contributed by atoms with E-state index in [0.29, 0.717) is 23.6 Å². The maximum Gasteiger partial charge on any atom is 0.287 e. The summed E-state index contributed by atoms with van der Waals surface area (Å²) in [7, 11) is 1.62. The predicted molar refractivity (Wildman–Crippen MR) is 86.5 cm³/mol. The van der Waals surface area contributed by atoms with E-state index in [4.69, 9.17) is 9.15 Å². The summed E-state index contributed by atoms with van der Waals surface area (Å²) in [5.41, 5.74) is 0.843. The average Bonchev–Trinajstić information content (AvgIpc) is 3.31. The molecule has 1 aromatic heterocycles. The molecule has 5 nitrogen and oxygen atoms in total. The van der Waals surface area contributed by atoms with Crippen LogP contribution in [0.25, 0.3) is 11.3 Å². The predicted octanol–water partition coefficient (Wildman–Crippen LogP) is 2.58. The zero-order chi connectivity index (χ0) is 15.8. The molecular weight excluding hydrogens is 292 g/mol. The number of rotatable bonds is 4. The molecule has 0 saturated carbocycles. The van der Waals surface area contributed by atoms with Gasteiger partial charge in [0.15, 0.2) is 5.76 Å². The Balaban J connectivity index is 1.50. The molecule has 120 valence electrons. The van der Waals surface area contributed by atoms with Crippen molar-refractivity contribution in [1.82, 2.24) is 10.6 Å². The number of methoxy groups -OCH3 is 1. The lowest BCUT2D eigenvalue weighted by Gasteiger charge is -2.20. The van der Waals surface area contributed by atoms with E-state index < -0.39 is 0 Å². The first kappa shape index (κ1) is 14.3. The quantitative estimate of drug-likeness (QED) is 0.911. The molecule has 2 aliphatic heterocycles. The van der Waals surface area contributed by atoms with Crippen LogP contribution in [-0.2, 0) is 0 Å². The van der Waals surface area contributed by atoms with E-state index in [-0.39, 0.29) is 11.9 Å². The second kappa shape index (κ2) is 5.74. The number of amides is 1. The lowest BCUT2D eigenvalue weighted by atomic mass is 9.95. The van der Waals surface area contributed by atoms with Gasteiger partial charge in [-0.2, -0.15) is 0 Å². The van der Waals surface area contributed by atoms with Gasteiger partial charge in [-0.15, -0.1) is 0 Å². The third kappa shape index (κ3) is 2.61. The van der Waals surface area contributed by atoms with Crippen LogP contribution in [0.3, 0.4) is 0 Å². The molecule has 0 aliphatic carbocycles. The van der Waals surface area contributed by atoms with Gasteiger partial charge in [-0.3, -0.25) is 4.79 Å². The molecule has 2 aliphatic rings. The molecule has 4 rings (SSSR count). The first-order chi connectivity index (χ1) is 11.2. The van der Waals surface area contributed by atoms with Crippen molar-refractivity contribution in [2.75, 3.05) is 7.11 Å². The van der Waals surface area contributed by atoms with E-state index in [9.17, 15) is 4.79 Å². The highest BCUT2D eigenvalue weighted by Gasteiger charge is 2.39. The van der Waals surface area contributed by atoms with Gasteiger partial charge in [-0.25, -0.2) is 0 Å². The van der Waals surface area contributed by atoms with E-state index in [0.717, 1.165) is 24.2 Å². The summed E-state index contributed by atoms with van der Waals surface area (Å²) in [4.78, 5) is 12.4. The van der Waals surface area contributed by atoms with Crippen molar-refractivity contribution >= 4 is 5.91 Å². The monoisotopic (exact) mass is 312 g/mol. The second-order valence-corrected chi connectivity index (χ2v) is 6.23. The van der Waals surface area contributed by atoms with Crippen molar-refractivity contribution in [3.63, 3.8) is 0 Å².